The van der Waals surface area contributed by atoms with E-state index in [4.69, 9.17) is 0 Å². The van der Waals surface area contributed by atoms with Crippen molar-refractivity contribution in [1.29, 1.82) is 0 Å². The maximum atomic E-state index is 4.42. The lowest BCUT2D eigenvalue weighted by molar-refractivity contribution is -0.0360. The molecule has 0 bridgehead atoms. The van der Waals surface area contributed by atoms with Crippen molar-refractivity contribution in [2.45, 2.75) is 37.6 Å². The van der Waals surface area contributed by atoms with E-state index in [9.17, 15) is 0 Å². The van der Waals surface area contributed by atoms with Crippen molar-refractivity contribution >= 4 is 5.82 Å². The van der Waals surface area contributed by atoms with E-state index in [1.165, 1.54) is 45.2 Å². The van der Waals surface area contributed by atoms with Gasteiger partial charge in [0.2, 0.25) is 0 Å². The minimum Gasteiger partial charge on any atom is -0.355 e. The van der Waals surface area contributed by atoms with Crippen LogP contribution in [0.5, 0.6) is 0 Å². The average molecular weight is 258 g/mol. The third-order valence-electron chi connectivity index (χ3n) is 5.26. The number of hydrogen-bond acceptors (Lipinski definition) is 4. The highest BCUT2D eigenvalue weighted by Crippen LogP contribution is 2.43. The molecule has 1 aromatic rings. The quantitative estimate of drug-likeness (QED) is 0.829. The number of aromatic nitrogens is 2. The van der Waals surface area contributed by atoms with Crippen molar-refractivity contribution in [3.8, 4) is 0 Å². The second kappa shape index (κ2) is 4.44. The van der Waals surface area contributed by atoms with E-state index in [0.717, 1.165) is 24.8 Å². The molecule has 0 atom stereocenters. The Bertz CT molecular complexity index is 435. The predicted molar refractivity (Wildman–Crippen MR) is 75.1 cm³/mol. The second-order valence-corrected chi connectivity index (χ2v) is 6.41. The van der Waals surface area contributed by atoms with Crippen LogP contribution in [0.1, 0.15) is 32.1 Å². The molecule has 1 aromatic heterocycles. The Kier molecular flexibility index (Phi) is 2.72. The summed E-state index contributed by atoms with van der Waals surface area (Å²) in [6, 6.07) is 0. The summed E-state index contributed by atoms with van der Waals surface area (Å²) in [7, 11) is 0. The maximum absolute atomic E-state index is 4.42. The summed E-state index contributed by atoms with van der Waals surface area (Å²) in [4.78, 5) is 13.8. The van der Waals surface area contributed by atoms with Gasteiger partial charge in [-0.25, -0.2) is 4.98 Å². The molecule has 3 heterocycles. The first-order valence-electron chi connectivity index (χ1n) is 7.62. The first-order valence-corrected chi connectivity index (χ1v) is 7.62. The van der Waals surface area contributed by atoms with Crippen LogP contribution in [0.25, 0.3) is 0 Å². The van der Waals surface area contributed by atoms with Crippen molar-refractivity contribution in [3.05, 3.63) is 18.6 Å². The molecule has 2 aliphatic heterocycles. The summed E-state index contributed by atoms with van der Waals surface area (Å²) < 4.78 is 0. The lowest BCUT2D eigenvalue weighted by atomic mass is 9.76. The summed E-state index contributed by atoms with van der Waals surface area (Å²) in [5.74, 6) is 2.07. The zero-order valence-corrected chi connectivity index (χ0v) is 11.5. The zero-order chi connectivity index (χ0) is 12.7. The molecular weight excluding hydrogens is 236 g/mol. The van der Waals surface area contributed by atoms with Crippen molar-refractivity contribution in [1.82, 2.24) is 14.9 Å². The van der Waals surface area contributed by atoms with Crippen molar-refractivity contribution in [2.75, 3.05) is 31.1 Å². The van der Waals surface area contributed by atoms with Crippen molar-refractivity contribution < 1.29 is 0 Å². The van der Waals surface area contributed by atoms with Gasteiger partial charge in [0.25, 0.3) is 0 Å². The van der Waals surface area contributed by atoms with Gasteiger partial charge in [-0.1, -0.05) is 0 Å². The van der Waals surface area contributed by atoms with Gasteiger partial charge in [0.05, 0.1) is 6.20 Å². The molecule has 0 amide bonds. The summed E-state index contributed by atoms with van der Waals surface area (Å²) in [6.07, 6.45) is 12.4. The van der Waals surface area contributed by atoms with Gasteiger partial charge in [0, 0.05) is 44.1 Å². The van der Waals surface area contributed by atoms with Gasteiger partial charge in [0.15, 0.2) is 0 Å². The molecule has 2 saturated heterocycles. The Hall–Kier alpha value is -1.16. The summed E-state index contributed by atoms with van der Waals surface area (Å²) in [6.45, 7) is 4.98. The SMILES string of the molecule is c1cnc(N2CCC3(CC2)CCN3CC2CC2)cn1. The van der Waals surface area contributed by atoms with Gasteiger partial charge in [-0.2, -0.15) is 0 Å². The molecule has 1 spiro atoms. The topological polar surface area (TPSA) is 32.3 Å². The highest BCUT2D eigenvalue weighted by molar-refractivity contribution is 5.36. The first kappa shape index (κ1) is 11.6. The average Bonchev–Trinajstić information content (AvgIpc) is 3.29. The van der Waals surface area contributed by atoms with Crippen LogP contribution in [0.2, 0.25) is 0 Å². The number of hydrogen-bond donors (Lipinski definition) is 0. The molecule has 1 saturated carbocycles. The molecule has 0 aromatic carbocycles. The van der Waals surface area contributed by atoms with E-state index in [-0.39, 0.29) is 0 Å². The van der Waals surface area contributed by atoms with E-state index in [1.807, 2.05) is 6.20 Å². The largest absolute Gasteiger partial charge is 0.355 e. The Morgan fingerprint density at radius 3 is 2.47 bits per heavy atom. The van der Waals surface area contributed by atoms with Crippen LogP contribution in [0, 0.1) is 5.92 Å². The van der Waals surface area contributed by atoms with Crippen LogP contribution in [0.15, 0.2) is 18.6 Å². The van der Waals surface area contributed by atoms with Crippen LogP contribution >= 0.6 is 0 Å². The fourth-order valence-corrected chi connectivity index (χ4v) is 3.66. The Morgan fingerprint density at radius 1 is 1.11 bits per heavy atom. The van der Waals surface area contributed by atoms with Crippen LogP contribution in [-0.4, -0.2) is 46.6 Å². The summed E-state index contributed by atoms with van der Waals surface area (Å²) in [5.41, 5.74) is 0.543. The fraction of sp³-hybridized carbons (Fsp3) is 0.733. The molecule has 0 unspecified atom stereocenters. The van der Waals surface area contributed by atoms with Gasteiger partial charge in [-0.15, -0.1) is 0 Å². The highest BCUT2D eigenvalue weighted by atomic mass is 15.3. The van der Waals surface area contributed by atoms with E-state index < -0.39 is 0 Å². The predicted octanol–water partition coefficient (Wildman–Crippen LogP) is 1.93. The van der Waals surface area contributed by atoms with E-state index >= 15 is 0 Å². The Morgan fingerprint density at radius 2 is 1.89 bits per heavy atom. The molecule has 19 heavy (non-hydrogen) atoms. The first-order chi connectivity index (χ1) is 9.36. The second-order valence-electron chi connectivity index (χ2n) is 6.41. The maximum Gasteiger partial charge on any atom is 0.147 e. The summed E-state index contributed by atoms with van der Waals surface area (Å²) in [5, 5.41) is 0. The van der Waals surface area contributed by atoms with Crippen molar-refractivity contribution in [3.63, 3.8) is 0 Å². The molecule has 3 fully saturated rings. The van der Waals surface area contributed by atoms with Crippen LogP contribution in [0.4, 0.5) is 5.82 Å². The van der Waals surface area contributed by atoms with Gasteiger partial charge in [-0.3, -0.25) is 9.88 Å². The third-order valence-corrected chi connectivity index (χ3v) is 5.26. The van der Waals surface area contributed by atoms with Gasteiger partial charge >= 0.3 is 0 Å². The van der Waals surface area contributed by atoms with E-state index in [0.29, 0.717) is 5.54 Å². The minimum absolute atomic E-state index is 0.543. The third kappa shape index (κ3) is 2.12. The smallest absolute Gasteiger partial charge is 0.147 e. The Labute approximate surface area is 114 Å². The molecule has 4 rings (SSSR count). The summed E-state index contributed by atoms with van der Waals surface area (Å²) >= 11 is 0. The van der Waals surface area contributed by atoms with Crippen LogP contribution in [0.3, 0.4) is 0 Å². The molecular formula is C15H22N4. The highest BCUT2D eigenvalue weighted by Gasteiger charge is 2.47. The van der Waals surface area contributed by atoms with Gasteiger partial charge < -0.3 is 4.90 Å². The van der Waals surface area contributed by atoms with E-state index in [1.54, 1.807) is 12.4 Å². The molecule has 102 valence electrons. The number of piperidine rings is 1. The monoisotopic (exact) mass is 258 g/mol. The number of anilines is 1. The zero-order valence-electron chi connectivity index (χ0n) is 11.5. The van der Waals surface area contributed by atoms with Crippen LogP contribution < -0.4 is 4.90 Å². The molecule has 3 aliphatic rings. The molecule has 4 heteroatoms. The van der Waals surface area contributed by atoms with E-state index in [2.05, 4.69) is 19.8 Å². The molecule has 0 N–H and O–H groups in total. The number of likely N-dealkylation sites (tertiary alicyclic amines) is 1. The Balaban J connectivity index is 1.39. The van der Waals surface area contributed by atoms with Crippen LogP contribution in [-0.2, 0) is 0 Å². The molecule has 0 radical (unpaired) electrons. The molecule has 1 aliphatic carbocycles. The lowest BCUT2D eigenvalue weighted by Crippen LogP contribution is -2.64. The van der Waals surface area contributed by atoms with Crippen molar-refractivity contribution in [2.24, 2.45) is 5.92 Å². The minimum atomic E-state index is 0.543. The van der Waals surface area contributed by atoms with Gasteiger partial charge in [-0.05, 0) is 38.0 Å². The normalized spacial score (nSPS) is 26.4. The van der Waals surface area contributed by atoms with Gasteiger partial charge in [0.1, 0.15) is 5.82 Å². The number of rotatable bonds is 3. The number of nitrogens with zero attached hydrogens (tertiary/aromatic N) is 4. The molecule has 4 nitrogen and oxygen atoms in total. The standard InChI is InChI=1S/C15H22N4/c1-2-13(1)12-19-10-5-15(19)3-8-18(9-4-15)14-11-16-6-7-17-14/h6-7,11,13H,1-5,8-10,12H2. The fourth-order valence-electron chi connectivity index (χ4n) is 3.66. The lowest BCUT2D eigenvalue weighted by Gasteiger charge is -2.57.